The molecule has 2 saturated heterocycles. The lowest BCUT2D eigenvalue weighted by atomic mass is 9.76. The molecule has 30 heavy (non-hydrogen) atoms. The quantitative estimate of drug-likeness (QED) is 0.665. The van der Waals surface area contributed by atoms with Gasteiger partial charge in [-0.05, 0) is 43.5 Å². The minimum Gasteiger partial charge on any atom is -0.497 e. The van der Waals surface area contributed by atoms with Crippen LogP contribution in [0.25, 0.3) is 0 Å². The number of carbonyl (C=O) groups excluding carboxylic acids is 2. The van der Waals surface area contributed by atoms with Crippen molar-refractivity contribution in [3.8, 4) is 5.75 Å². The highest BCUT2D eigenvalue weighted by molar-refractivity contribution is 6.03. The largest absolute Gasteiger partial charge is 0.497 e. The molecule has 0 aromatic heterocycles. The highest BCUT2D eigenvalue weighted by Gasteiger charge is 2.67. The van der Waals surface area contributed by atoms with E-state index in [1.54, 1.807) is 12.0 Å². The molecule has 0 saturated carbocycles. The van der Waals surface area contributed by atoms with E-state index in [2.05, 4.69) is 19.2 Å². The molecule has 0 aliphatic carbocycles. The van der Waals surface area contributed by atoms with Gasteiger partial charge >= 0.3 is 0 Å². The van der Waals surface area contributed by atoms with Crippen molar-refractivity contribution in [1.82, 2.24) is 5.32 Å². The molecule has 1 aromatic carbocycles. The molecular weight excluding hydrogens is 380 g/mol. The van der Waals surface area contributed by atoms with Crippen molar-refractivity contribution in [1.29, 1.82) is 0 Å². The predicted molar refractivity (Wildman–Crippen MR) is 115 cm³/mol. The second-order valence-electron chi connectivity index (χ2n) is 9.26. The van der Waals surface area contributed by atoms with Crippen LogP contribution in [0.5, 0.6) is 5.75 Å². The second-order valence-corrected chi connectivity index (χ2v) is 9.26. The topological polar surface area (TPSA) is 67.9 Å². The van der Waals surface area contributed by atoms with Crippen molar-refractivity contribution in [3.63, 3.8) is 0 Å². The third kappa shape index (κ3) is 3.62. The summed E-state index contributed by atoms with van der Waals surface area (Å²) in [5.74, 6) is 0.343. The van der Waals surface area contributed by atoms with Gasteiger partial charge in [-0.15, -0.1) is 0 Å². The number of hydrogen-bond acceptors (Lipinski definition) is 4. The molecule has 1 N–H and O–H groups in total. The summed E-state index contributed by atoms with van der Waals surface area (Å²) in [6, 6.07) is 7.51. The van der Waals surface area contributed by atoms with Crippen LogP contribution < -0.4 is 15.0 Å². The van der Waals surface area contributed by atoms with Crippen LogP contribution in [0, 0.1) is 17.8 Å². The summed E-state index contributed by atoms with van der Waals surface area (Å²) in [6.45, 7) is 6.89. The summed E-state index contributed by atoms with van der Waals surface area (Å²) >= 11 is 0. The van der Waals surface area contributed by atoms with Crippen LogP contribution in [-0.2, 0) is 14.3 Å². The summed E-state index contributed by atoms with van der Waals surface area (Å²) in [6.07, 6.45) is 6.80. The first-order valence-electron chi connectivity index (χ1n) is 11.0. The highest BCUT2D eigenvalue weighted by Crippen LogP contribution is 2.52. The number of benzene rings is 1. The van der Waals surface area contributed by atoms with E-state index >= 15 is 0 Å². The number of rotatable bonds is 8. The number of hydrogen-bond donors (Lipinski definition) is 1. The maximum Gasteiger partial charge on any atom is 0.234 e. The Morgan fingerprint density at radius 2 is 2.00 bits per heavy atom. The van der Waals surface area contributed by atoms with E-state index in [4.69, 9.17) is 9.47 Å². The molecule has 0 radical (unpaired) electrons. The zero-order valence-corrected chi connectivity index (χ0v) is 18.3. The fourth-order valence-corrected chi connectivity index (χ4v) is 5.02. The van der Waals surface area contributed by atoms with Crippen molar-refractivity contribution >= 4 is 17.5 Å². The van der Waals surface area contributed by atoms with E-state index in [0.29, 0.717) is 12.5 Å². The maximum atomic E-state index is 13.4. The molecule has 162 valence electrons. The third-order valence-corrected chi connectivity index (χ3v) is 6.59. The first-order valence-corrected chi connectivity index (χ1v) is 11.0. The Bertz CT molecular complexity index is 834. The Balaban J connectivity index is 1.47. The van der Waals surface area contributed by atoms with E-state index in [-0.39, 0.29) is 24.0 Å². The Kier molecular flexibility index (Phi) is 5.62. The number of nitrogens with one attached hydrogen (secondary N) is 1. The van der Waals surface area contributed by atoms with E-state index in [1.807, 2.05) is 43.3 Å². The summed E-state index contributed by atoms with van der Waals surface area (Å²) in [5.41, 5.74) is 0.0936. The smallest absolute Gasteiger partial charge is 0.234 e. The lowest BCUT2D eigenvalue weighted by Crippen LogP contribution is -2.46. The van der Waals surface area contributed by atoms with Crippen molar-refractivity contribution in [3.05, 3.63) is 36.4 Å². The summed E-state index contributed by atoms with van der Waals surface area (Å²) in [7, 11) is 1.61. The van der Waals surface area contributed by atoms with E-state index in [1.165, 1.54) is 0 Å². The number of carbonyl (C=O) groups is 2. The van der Waals surface area contributed by atoms with Gasteiger partial charge in [0.15, 0.2) is 0 Å². The van der Waals surface area contributed by atoms with Gasteiger partial charge in [0.1, 0.15) is 11.4 Å². The average molecular weight is 413 g/mol. The predicted octanol–water partition coefficient (Wildman–Crippen LogP) is 3.31. The SMILES string of the molecule is COc1ccc(N2C[C@@]34C=C[C@@H](O3)[C@H](C(=O)N[C@H](C)CCCC(C)C)[C@@H]4C2=O)cc1. The van der Waals surface area contributed by atoms with Gasteiger partial charge in [0.2, 0.25) is 11.8 Å². The Hall–Kier alpha value is -2.34. The number of amides is 2. The molecular formula is C24H32N2O4. The zero-order chi connectivity index (χ0) is 21.5. The molecule has 6 nitrogen and oxygen atoms in total. The minimum atomic E-state index is -0.704. The Morgan fingerprint density at radius 1 is 1.27 bits per heavy atom. The Morgan fingerprint density at radius 3 is 2.67 bits per heavy atom. The molecule has 2 bridgehead atoms. The van der Waals surface area contributed by atoms with Gasteiger partial charge < -0.3 is 19.7 Å². The number of anilines is 1. The third-order valence-electron chi connectivity index (χ3n) is 6.59. The average Bonchev–Trinajstić information content (AvgIpc) is 3.36. The molecule has 3 aliphatic rings. The van der Waals surface area contributed by atoms with Gasteiger partial charge in [-0.1, -0.05) is 38.8 Å². The first-order chi connectivity index (χ1) is 14.3. The molecule has 3 heterocycles. The van der Waals surface area contributed by atoms with Gasteiger partial charge in [-0.25, -0.2) is 0 Å². The van der Waals surface area contributed by atoms with Crippen LogP contribution in [0.1, 0.15) is 40.0 Å². The molecule has 0 unspecified atom stereocenters. The molecule has 2 amide bonds. The monoisotopic (exact) mass is 412 g/mol. The molecule has 1 aromatic rings. The number of nitrogens with zero attached hydrogens (tertiary/aromatic N) is 1. The minimum absolute atomic E-state index is 0.0420. The van der Waals surface area contributed by atoms with Gasteiger partial charge in [0, 0.05) is 11.7 Å². The number of ether oxygens (including phenoxy) is 2. The molecule has 6 heteroatoms. The molecule has 3 aliphatic heterocycles. The van der Waals surface area contributed by atoms with E-state index in [0.717, 1.165) is 30.7 Å². The second kappa shape index (κ2) is 8.06. The lowest BCUT2D eigenvalue weighted by molar-refractivity contribution is -0.132. The van der Waals surface area contributed by atoms with E-state index < -0.39 is 17.4 Å². The molecule has 2 fully saturated rings. The van der Waals surface area contributed by atoms with Crippen molar-refractivity contribution in [2.45, 2.75) is 57.8 Å². The fourth-order valence-electron chi connectivity index (χ4n) is 5.02. The van der Waals surface area contributed by atoms with Crippen LogP contribution >= 0.6 is 0 Å². The summed E-state index contributed by atoms with van der Waals surface area (Å²) < 4.78 is 11.4. The molecule has 4 rings (SSSR count). The van der Waals surface area contributed by atoms with Crippen molar-refractivity contribution < 1.29 is 19.1 Å². The lowest BCUT2D eigenvalue weighted by Gasteiger charge is -2.25. The van der Waals surface area contributed by atoms with Crippen LogP contribution in [-0.4, -0.2) is 43.2 Å². The van der Waals surface area contributed by atoms with Crippen LogP contribution in [0.4, 0.5) is 5.69 Å². The maximum absolute atomic E-state index is 13.4. The van der Waals surface area contributed by atoms with Gasteiger partial charge in [-0.3, -0.25) is 9.59 Å². The van der Waals surface area contributed by atoms with Crippen LogP contribution in [0.15, 0.2) is 36.4 Å². The van der Waals surface area contributed by atoms with Crippen molar-refractivity contribution in [2.75, 3.05) is 18.6 Å². The molecule has 1 spiro atoms. The van der Waals surface area contributed by atoms with Gasteiger partial charge in [0.05, 0.1) is 31.6 Å². The Labute approximate surface area is 178 Å². The van der Waals surface area contributed by atoms with Crippen LogP contribution in [0.2, 0.25) is 0 Å². The number of fused-ring (bicyclic) bond motifs is 1. The fraction of sp³-hybridized carbons (Fsp3) is 0.583. The van der Waals surface area contributed by atoms with Gasteiger partial charge in [0.25, 0.3) is 0 Å². The summed E-state index contributed by atoms with van der Waals surface area (Å²) in [4.78, 5) is 28.3. The first kappa shape index (κ1) is 20.9. The van der Waals surface area contributed by atoms with Crippen LogP contribution in [0.3, 0.4) is 0 Å². The zero-order valence-electron chi connectivity index (χ0n) is 18.3. The normalized spacial score (nSPS) is 30.1. The standard InChI is InChI=1S/C24H32N2O4/c1-15(2)6-5-7-16(3)25-22(27)20-19-12-13-24(30-19)14-26(23(28)21(20)24)17-8-10-18(29-4)11-9-17/h8-13,15-16,19-21H,5-7,14H2,1-4H3,(H,25,27)/t16-,19-,20+,21-,24-/m1/s1. The number of methoxy groups -OCH3 is 1. The molecule has 5 atom stereocenters. The van der Waals surface area contributed by atoms with E-state index in [9.17, 15) is 9.59 Å². The summed E-state index contributed by atoms with van der Waals surface area (Å²) in [5, 5.41) is 3.14. The van der Waals surface area contributed by atoms with Crippen molar-refractivity contribution in [2.24, 2.45) is 17.8 Å². The van der Waals surface area contributed by atoms with Gasteiger partial charge in [-0.2, -0.15) is 0 Å². The highest BCUT2D eigenvalue weighted by atomic mass is 16.5.